The summed E-state index contributed by atoms with van der Waals surface area (Å²) in [4.78, 5) is 14.8. The largest absolute Gasteiger partial charge is 0.466 e. The van der Waals surface area contributed by atoms with Crippen LogP contribution in [0.15, 0.2) is 16.5 Å². The third-order valence-corrected chi connectivity index (χ3v) is 4.99. The third-order valence-electron chi connectivity index (χ3n) is 3.76. The molecule has 0 saturated carbocycles. The number of fused-ring (bicyclic) bond motifs is 1. The first-order chi connectivity index (χ1) is 9.15. The van der Waals surface area contributed by atoms with E-state index >= 15 is 0 Å². The summed E-state index contributed by atoms with van der Waals surface area (Å²) in [6, 6.07) is 3.96. The predicted octanol–water partition coefficient (Wildman–Crippen LogP) is 4.46. The van der Waals surface area contributed by atoms with E-state index in [1.807, 2.05) is 19.9 Å². The molecular formula is C16H18O2S. The lowest BCUT2D eigenvalue weighted by Gasteiger charge is -1.95. The summed E-state index contributed by atoms with van der Waals surface area (Å²) < 4.78 is 5.46. The highest BCUT2D eigenvalue weighted by Gasteiger charge is 2.20. The van der Waals surface area contributed by atoms with Crippen molar-refractivity contribution >= 4 is 17.1 Å². The molecule has 3 rings (SSSR count). The molecule has 0 aromatic carbocycles. The Labute approximate surface area is 117 Å². The van der Waals surface area contributed by atoms with Gasteiger partial charge in [-0.3, -0.25) is 4.79 Å². The minimum atomic E-state index is 0.118. The molecule has 0 atom stereocenters. The molecule has 0 N–H and O–H groups in total. The Morgan fingerprint density at radius 1 is 1.16 bits per heavy atom. The molecule has 0 aliphatic heterocycles. The van der Waals surface area contributed by atoms with E-state index in [9.17, 15) is 4.79 Å². The molecule has 0 unspecified atom stereocenters. The van der Waals surface area contributed by atoms with Crippen molar-refractivity contribution < 1.29 is 9.21 Å². The van der Waals surface area contributed by atoms with E-state index in [0.717, 1.165) is 29.2 Å². The van der Waals surface area contributed by atoms with Crippen molar-refractivity contribution in [1.82, 2.24) is 0 Å². The number of aryl methyl sites for hydroxylation is 4. The molecule has 2 aromatic rings. The van der Waals surface area contributed by atoms with Gasteiger partial charge in [-0.1, -0.05) is 6.42 Å². The predicted molar refractivity (Wildman–Crippen MR) is 77.2 cm³/mol. The van der Waals surface area contributed by atoms with Gasteiger partial charge >= 0.3 is 0 Å². The fourth-order valence-corrected chi connectivity index (χ4v) is 3.98. The van der Waals surface area contributed by atoms with Crippen molar-refractivity contribution in [2.24, 2.45) is 0 Å². The van der Waals surface area contributed by atoms with E-state index in [0.29, 0.717) is 5.56 Å². The van der Waals surface area contributed by atoms with Gasteiger partial charge < -0.3 is 4.42 Å². The average molecular weight is 274 g/mol. The minimum Gasteiger partial charge on any atom is -0.466 e. The van der Waals surface area contributed by atoms with Crippen LogP contribution in [0.2, 0.25) is 0 Å². The molecule has 0 saturated heterocycles. The summed E-state index contributed by atoms with van der Waals surface area (Å²) in [5.41, 5.74) is 2.11. The fourth-order valence-electron chi connectivity index (χ4n) is 2.77. The third kappa shape index (κ3) is 2.39. The zero-order valence-corrected chi connectivity index (χ0v) is 12.2. The summed E-state index contributed by atoms with van der Waals surface area (Å²) in [6.45, 7) is 3.74. The van der Waals surface area contributed by atoms with Crippen molar-refractivity contribution in [2.75, 3.05) is 0 Å². The molecule has 100 valence electrons. The van der Waals surface area contributed by atoms with E-state index in [2.05, 4.69) is 6.07 Å². The summed E-state index contributed by atoms with van der Waals surface area (Å²) >= 11 is 1.68. The van der Waals surface area contributed by atoms with E-state index in [1.54, 1.807) is 11.3 Å². The minimum absolute atomic E-state index is 0.118. The van der Waals surface area contributed by atoms with Crippen molar-refractivity contribution in [1.29, 1.82) is 0 Å². The Balaban J connectivity index is 1.94. The molecule has 3 heteroatoms. The Hall–Kier alpha value is -1.35. The number of furan rings is 1. The average Bonchev–Trinajstić information content (AvgIpc) is 2.85. The highest BCUT2D eigenvalue weighted by molar-refractivity contribution is 7.14. The number of rotatable bonds is 2. The smallest absolute Gasteiger partial charge is 0.206 e. The van der Waals surface area contributed by atoms with Crippen molar-refractivity contribution in [3.8, 4) is 0 Å². The first kappa shape index (κ1) is 12.7. The highest BCUT2D eigenvalue weighted by atomic mass is 32.1. The van der Waals surface area contributed by atoms with Crippen LogP contribution >= 0.6 is 11.3 Å². The molecule has 2 aromatic heterocycles. The molecule has 0 amide bonds. The standard InChI is InChI=1S/C16H18O2S/c1-10-8-13(11(2)18-10)16(17)15-9-12-6-4-3-5-7-14(12)19-15/h8-9H,3-7H2,1-2H3. The van der Waals surface area contributed by atoms with Crippen LogP contribution in [0.5, 0.6) is 0 Å². The number of ketones is 1. The van der Waals surface area contributed by atoms with Gasteiger partial charge in [0.25, 0.3) is 0 Å². The van der Waals surface area contributed by atoms with Gasteiger partial charge in [-0.2, -0.15) is 0 Å². The second kappa shape index (κ2) is 4.97. The highest BCUT2D eigenvalue weighted by Crippen LogP contribution is 2.31. The maximum absolute atomic E-state index is 12.5. The SMILES string of the molecule is Cc1cc(C(=O)c2cc3c(s2)CCCCC3)c(C)o1. The Morgan fingerprint density at radius 2 is 1.95 bits per heavy atom. The van der Waals surface area contributed by atoms with Crippen LogP contribution in [0.4, 0.5) is 0 Å². The molecule has 2 heterocycles. The number of thiophene rings is 1. The summed E-state index contributed by atoms with van der Waals surface area (Å²) in [7, 11) is 0. The molecular weight excluding hydrogens is 256 g/mol. The van der Waals surface area contributed by atoms with Gasteiger partial charge in [0.05, 0.1) is 10.4 Å². The normalized spacial score (nSPS) is 15.1. The first-order valence-corrected chi connectivity index (χ1v) is 7.70. The van der Waals surface area contributed by atoms with Gasteiger partial charge in [-0.15, -0.1) is 11.3 Å². The molecule has 0 radical (unpaired) electrons. The topological polar surface area (TPSA) is 30.2 Å². The van der Waals surface area contributed by atoms with Crippen molar-refractivity contribution in [2.45, 2.75) is 46.0 Å². The molecule has 0 spiro atoms. The van der Waals surface area contributed by atoms with E-state index in [-0.39, 0.29) is 5.78 Å². The monoisotopic (exact) mass is 274 g/mol. The number of hydrogen-bond acceptors (Lipinski definition) is 3. The molecule has 0 bridgehead atoms. The molecule has 2 nitrogen and oxygen atoms in total. The van der Waals surface area contributed by atoms with Gasteiger partial charge in [0.15, 0.2) is 0 Å². The van der Waals surface area contributed by atoms with Crippen LogP contribution in [0.1, 0.15) is 56.5 Å². The number of carbonyl (C=O) groups is 1. The van der Waals surface area contributed by atoms with Gasteiger partial charge in [-0.25, -0.2) is 0 Å². The van der Waals surface area contributed by atoms with Crippen LogP contribution in [0.3, 0.4) is 0 Å². The van der Waals surface area contributed by atoms with Crippen molar-refractivity contribution in [3.63, 3.8) is 0 Å². The quantitative estimate of drug-likeness (QED) is 0.598. The lowest BCUT2D eigenvalue weighted by Crippen LogP contribution is -1.98. The molecule has 1 aliphatic rings. The zero-order valence-electron chi connectivity index (χ0n) is 11.4. The van der Waals surface area contributed by atoms with Crippen LogP contribution in [-0.4, -0.2) is 5.78 Å². The zero-order chi connectivity index (χ0) is 13.4. The Morgan fingerprint density at radius 3 is 2.68 bits per heavy atom. The maximum atomic E-state index is 12.5. The molecule has 19 heavy (non-hydrogen) atoms. The first-order valence-electron chi connectivity index (χ1n) is 6.88. The van der Waals surface area contributed by atoms with E-state index < -0.39 is 0 Å². The van der Waals surface area contributed by atoms with E-state index in [1.165, 1.54) is 29.7 Å². The van der Waals surface area contributed by atoms with Crippen LogP contribution in [-0.2, 0) is 12.8 Å². The fraction of sp³-hybridized carbons (Fsp3) is 0.438. The van der Waals surface area contributed by atoms with Gasteiger partial charge in [0.2, 0.25) is 5.78 Å². The second-order valence-electron chi connectivity index (χ2n) is 5.28. The number of carbonyl (C=O) groups excluding carboxylic acids is 1. The number of hydrogen-bond donors (Lipinski definition) is 0. The Bertz CT molecular complexity index is 595. The second-order valence-corrected chi connectivity index (χ2v) is 6.41. The lowest BCUT2D eigenvalue weighted by molar-refractivity contribution is 0.104. The van der Waals surface area contributed by atoms with Crippen LogP contribution in [0, 0.1) is 13.8 Å². The van der Waals surface area contributed by atoms with Crippen LogP contribution in [0.25, 0.3) is 0 Å². The summed E-state index contributed by atoms with van der Waals surface area (Å²) in [5.74, 6) is 1.65. The Kier molecular flexibility index (Phi) is 3.31. The van der Waals surface area contributed by atoms with Crippen LogP contribution < -0.4 is 0 Å². The molecule has 0 fully saturated rings. The molecule has 1 aliphatic carbocycles. The van der Waals surface area contributed by atoms with Gasteiger partial charge in [-0.05, 0) is 57.2 Å². The maximum Gasteiger partial charge on any atom is 0.206 e. The van der Waals surface area contributed by atoms with Gasteiger partial charge in [0, 0.05) is 4.88 Å². The van der Waals surface area contributed by atoms with E-state index in [4.69, 9.17) is 4.42 Å². The van der Waals surface area contributed by atoms with Gasteiger partial charge in [0.1, 0.15) is 11.5 Å². The van der Waals surface area contributed by atoms with Crippen molar-refractivity contribution in [3.05, 3.63) is 44.5 Å². The summed E-state index contributed by atoms with van der Waals surface area (Å²) in [6.07, 6.45) is 6.08. The lowest BCUT2D eigenvalue weighted by atomic mass is 10.1. The summed E-state index contributed by atoms with van der Waals surface area (Å²) in [5, 5.41) is 0.